The number of halogens is 3. The largest absolute Gasteiger partial charge is 0.433 e. The Morgan fingerprint density at radius 1 is 1.21 bits per heavy atom. The van der Waals surface area contributed by atoms with Gasteiger partial charge in [-0.2, -0.15) is 18.3 Å². The molecule has 0 aromatic carbocycles. The Morgan fingerprint density at radius 2 is 1.97 bits per heavy atom. The standard InChI is InChI=1S/C19H18F3N5O2/c20-19(21,22)16-3-1-2-14(24-16)18(29)25-17-8-11-10-27(26-15(11)9-23-17)12-4-6-13(28)7-5-12/h1-3,8-10,12-13,28H,4-7H2,(H,25,29). The SMILES string of the molecule is O=C(Nc1cc2cn(C3CCC(O)CC3)nc2cn1)c1cccc(C(F)(F)F)n1. The number of carbonyl (C=O) groups is 1. The minimum absolute atomic E-state index is 0.193. The molecule has 1 aliphatic carbocycles. The number of hydrogen-bond donors (Lipinski definition) is 2. The van der Waals surface area contributed by atoms with E-state index in [1.54, 1.807) is 6.07 Å². The third-order valence-corrected chi connectivity index (χ3v) is 4.96. The highest BCUT2D eigenvalue weighted by Crippen LogP contribution is 2.30. The smallest absolute Gasteiger partial charge is 0.393 e. The number of nitrogens with one attached hydrogen (secondary N) is 1. The first-order valence-corrected chi connectivity index (χ1v) is 9.18. The predicted molar refractivity (Wildman–Crippen MR) is 98.2 cm³/mol. The van der Waals surface area contributed by atoms with Crippen molar-refractivity contribution in [2.45, 2.75) is 44.0 Å². The molecule has 10 heteroatoms. The van der Waals surface area contributed by atoms with Gasteiger partial charge in [-0.3, -0.25) is 9.48 Å². The molecule has 0 aliphatic heterocycles. The summed E-state index contributed by atoms with van der Waals surface area (Å²) in [6, 6.07) is 4.95. The van der Waals surface area contributed by atoms with E-state index < -0.39 is 17.8 Å². The Hall–Kier alpha value is -3.01. The van der Waals surface area contributed by atoms with Crippen LogP contribution in [0.3, 0.4) is 0 Å². The lowest BCUT2D eigenvalue weighted by Crippen LogP contribution is -2.21. The molecule has 3 aromatic heterocycles. The number of aromatic nitrogens is 4. The van der Waals surface area contributed by atoms with Crippen LogP contribution in [-0.2, 0) is 6.18 Å². The average Bonchev–Trinajstić information content (AvgIpc) is 3.11. The van der Waals surface area contributed by atoms with Gasteiger partial charge in [0.1, 0.15) is 22.7 Å². The van der Waals surface area contributed by atoms with Crippen molar-refractivity contribution in [1.29, 1.82) is 0 Å². The first kappa shape index (κ1) is 19.3. The fraction of sp³-hybridized carbons (Fsp3) is 0.368. The molecular formula is C19H18F3N5O2. The summed E-state index contributed by atoms with van der Waals surface area (Å²) in [7, 11) is 0. The number of aliphatic hydroxyl groups is 1. The highest BCUT2D eigenvalue weighted by atomic mass is 19.4. The average molecular weight is 405 g/mol. The molecule has 2 N–H and O–H groups in total. The Bertz CT molecular complexity index is 1040. The van der Waals surface area contributed by atoms with E-state index in [2.05, 4.69) is 20.4 Å². The number of hydrogen-bond acceptors (Lipinski definition) is 5. The molecule has 29 heavy (non-hydrogen) atoms. The van der Waals surface area contributed by atoms with Crippen molar-refractivity contribution >= 4 is 22.6 Å². The fourth-order valence-corrected chi connectivity index (χ4v) is 3.42. The van der Waals surface area contributed by atoms with Crippen molar-refractivity contribution in [3.05, 3.63) is 48.0 Å². The van der Waals surface area contributed by atoms with Crippen molar-refractivity contribution in [2.75, 3.05) is 5.32 Å². The first-order valence-electron chi connectivity index (χ1n) is 9.18. The van der Waals surface area contributed by atoms with Crippen molar-refractivity contribution < 1.29 is 23.1 Å². The lowest BCUT2D eigenvalue weighted by molar-refractivity contribution is -0.141. The van der Waals surface area contributed by atoms with Gasteiger partial charge in [0.05, 0.1) is 18.3 Å². The molecule has 3 aromatic rings. The third-order valence-electron chi connectivity index (χ3n) is 4.96. The number of amides is 1. The fourth-order valence-electron chi connectivity index (χ4n) is 3.42. The van der Waals surface area contributed by atoms with E-state index in [1.165, 1.54) is 12.3 Å². The van der Waals surface area contributed by atoms with Gasteiger partial charge in [0.2, 0.25) is 0 Å². The number of alkyl halides is 3. The van der Waals surface area contributed by atoms with Gasteiger partial charge in [-0.1, -0.05) is 6.07 Å². The second kappa shape index (κ2) is 7.43. The van der Waals surface area contributed by atoms with E-state index in [-0.39, 0.29) is 23.7 Å². The maximum absolute atomic E-state index is 12.8. The Balaban J connectivity index is 1.52. The Kier molecular flexibility index (Phi) is 4.95. The van der Waals surface area contributed by atoms with Crippen LogP contribution >= 0.6 is 0 Å². The van der Waals surface area contributed by atoms with E-state index in [4.69, 9.17) is 0 Å². The number of anilines is 1. The zero-order valence-corrected chi connectivity index (χ0v) is 15.2. The van der Waals surface area contributed by atoms with Crippen LogP contribution in [0.5, 0.6) is 0 Å². The minimum Gasteiger partial charge on any atom is -0.393 e. The summed E-state index contributed by atoms with van der Waals surface area (Å²) in [4.78, 5) is 19.8. The van der Waals surface area contributed by atoms with Crippen LogP contribution in [0.15, 0.2) is 36.7 Å². The van der Waals surface area contributed by atoms with Crippen LogP contribution in [0, 0.1) is 0 Å². The third kappa shape index (κ3) is 4.21. The first-order chi connectivity index (χ1) is 13.8. The molecule has 7 nitrogen and oxygen atoms in total. The number of nitrogens with zero attached hydrogens (tertiary/aromatic N) is 4. The molecule has 1 aliphatic rings. The highest BCUT2D eigenvalue weighted by Gasteiger charge is 2.33. The summed E-state index contributed by atoms with van der Waals surface area (Å²) < 4.78 is 40.2. The summed E-state index contributed by atoms with van der Waals surface area (Å²) in [5.41, 5.74) is -0.836. The molecule has 1 amide bonds. The molecule has 152 valence electrons. The van der Waals surface area contributed by atoms with Gasteiger partial charge in [-0.05, 0) is 43.9 Å². The van der Waals surface area contributed by atoms with Gasteiger partial charge >= 0.3 is 6.18 Å². The lowest BCUT2D eigenvalue weighted by Gasteiger charge is -2.25. The maximum Gasteiger partial charge on any atom is 0.433 e. The molecule has 0 saturated heterocycles. The van der Waals surface area contributed by atoms with Crippen LogP contribution in [-0.4, -0.2) is 36.9 Å². The lowest BCUT2D eigenvalue weighted by atomic mass is 9.93. The van der Waals surface area contributed by atoms with Crippen molar-refractivity contribution in [2.24, 2.45) is 0 Å². The van der Waals surface area contributed by atoms with Crippen LogP contribution in [0.2, 0.25) is 0 Å². The highest BCUT2D eigenvalue weighted by molar-refractivity contribution is 6.03. The number of aliphatic hydroxyl groups excluding tert-OH is 1. The minimum atomic E-state index is -4.63. The van der Waals surface area contributed by atoms with Gasteiger partial charge in [-0.25, -0.2) is 9.97 Å². The Morgan fingerprint density at radius 3 is 2.69 bits per heavy atom. The number of fused-ring (bicyclic) bond motifs is 1. The number of carbonyl (C=O) groups excluding carboxylic acids is 1. The summed E-state index contributed by atoms with van der Waals surface area (Å²) in [5.74, 6) is -0.586. The zero-order chi connectivity index (χ0) is 20.6. The van der Waals surface area contributed by atoms with E-state index in [0.717, 1.165) is 43.2 Å². The van der Waals surface area contributed by atoms with Crippen LogP contribution < -0.4 is 5.32 Å². The van der Waals surface area contributed by atoms with Crippen LogP contribution in [0.1, 0.15) is 47.9 Å². The van der Waals surface area contributed by atoms with Crippen LogP contribution in [0.4, 0.5) is 19.0 Å². The summed E-state index contributed by atoms with van der Waals surface area (Å²) >= 11 is 0. The molecule has 4 rings (SSSR count). The van der Waals surface area contributed by atoms with E-state index in [1.807, 2.05) is 10.9 Å². The Labute approximate surface area is 163 Å². The number of pyridine rings is 2. The summed E-state index contributed by atoms with van der Waals surface area (Å²) in [6.45, 7) is 0. The second-order valence-corrected chi connectivity index (χ2v) is 7.06. The molecule has 0 spiro atoms. The number of rotatable bonds is 3. The molecule has 3 heterocycles. The topological polar surface area (TPSA) is 92.9 Å². The molecule has 0 bridgehead atoms. The van der Waals surface area contributed by atoms with Crippen molar-refractivity contribution in [1.82, 2.24) is 19.7 Å². The second-order valence-electron chi connectivity index (χ2n) is 7.06. The van der Waals surface area contributed by atoms with Gasteiger partial charge < -0.3 is 10.4 Å². The molecular weight excluding hydrogens is 387 g/mol. The van der Waals surface area contributed by atoms with Crippen molar-refractivity contribution in [3.63, 3.8) is 0 Å². The quantitative estimate of drug-likeness (QED) is 0.695. The van der Waals surface area contributed by atoms with Crippen LogP contribution in [0.25, 0.3) is 10.9 Å². The molecule has 0 atom stereocenters. The van der Waals surface area contributed by atoms with E-state index in [0.29, 0.717) is 5.52 Å². The van der Waals surface area contributed by atoms with Gasteiger partial charge in [0.15, 0.2) is 0 Å². The maximum atomic E-state index is 12.8. The van der Waals surface area contributed by atoms with Gasteiger partial charge in [0, 0.05) is 11.6 Å². The van der Waals surface area contributed by atoms with E-state index in [9.17, 15) is 23.1 Å². The van der Waals surface area contributed by atoms with Crippen molar-refractivity contribution in [3.8, 4) is 0 Å². The monoisotopic (exact) mass is 405 g/mol. The molecule has 1 fully saturated rings. The summed E-state index contributed by atoms with van der Waals surface area (Å²) in [5, 5.41) is 17.4. The molecule has 0 radical (unpaired) electrons. The normalized spacial score (nSPS) is 20.0. The summed E-state index contributed by atoms with van der Waals surface area (Å²) in [6.07, 6.45) is 1.56. The van der Waals surface area contributed by atoms with Gasteiger partial charge in [-0.15, -0.1) is 0 Å². The molecule has 0 unspecified atom stereocenters. The van der Waals surface area contributed by atoms with E-state index >= 15 is 0 Å². The molecule has 1 saturated carbocycles. The van der Waals surface area contributed by atoms with Gasteiger partial charge in [0.25, 0.3) is 5.91 Å². The predicted octanol–water partition coefficient (Wildman–Crippen LogP) is 3.57. The zero-order valence-electron chi connectivity index (χ0n) is 15.2.